The summed E-state index contributed by atoms with van der Waals surface area (Å²) in [5.74, 6) is 2.52. The van der Waals surface area contributed by atoms with Crippen LogP contribution in [0.15, 0.2) is 6.07 Å². The topological polar surface area (TPSA) is 44.3 Å². The standard InChI is InChI=1S/C15H27N5/c1-12-6-5-8-20(11-12)9-7-16-14-10-13(2)17-15(18-14)19(3)4/h10,12H,5-9,11H2,1-4H3,(H,16,17,18). The maximum atomic E-state index is 4.52. The molecule has 0 aliphatic carbocycles. The lowest BCUT2D eigenvalue weighted by atomic mass is 10.0. The van der Waals surface area contributed by atoms with E-state index in [1.807, 2.05) is 32.0 Å². The number of rotatable bonds is 5. The van der Waals surface area contributed by atoms with Crippen LogP contribution < -0.4 is 10.2 Å². The number of hydrogen-bond acceptors (Lipinski definition) is 5. The Bertz CT molecular complexity index is 432. The number of nitrogens with one attached hydrogen (secondary N) is 1. The first-order valence-electron chi connectivity index (χ1n) is 7.54. The quantitative estimate of drug-likeness (QED) is 0.892. The van der Waals surface area contributed by atoms with E-state index in [1.165, 1.54) is 25.9 Å². The minimum absolute atomic E-state index is 0.763. The van der Waals surface area contributed by atoms with Crippen molar-refractivity contribution in [2.75, 3.05) is 50.5 Å². The first kappa shape index (κ1) is 15.0. The highest BCUT2D eigenvalue weighted by Crippen LogP contribution is 2.15. The first-order chi connectivity index (χ1) is 9.54. The largest absolute Gasteiger partial charge is 0.369 e. The number of nitrogens with zero attached hydrogens (tertiary/aromatic N) is 4. The fourth-order valence-corrected chi connectivity index (χ4v) is 2.68. The third-order valence-corrected chi connectivity index (χ3v) is 3.72. The minimum Gasteiger partial charge on any atom is -0.369 e. The van der Waals surface area contributed by atoms with Crippen molar-refractivity contribution in [1.29, 1.82) is 0 Å². The van der Waals surface area contributed by atoms with Gasteiger partial charge in [-0.05, 0) is 32.2 Å². The summed E-state index contributed by atoms with van der Waals surface area (Å²) in [4.78, 5) is 13.4. The van der Waals surface area contributed by atoms with Crippen molar-refractivity contribution < 1.29 is 0 Å². The second-order valence-corrected chi connectivity index (χ2v) is 6.06. The zero-order valence-corrected chi connectivity index (χ0v) is 13.2. The average molecular weight is 277 g/mol. The minimum atomic E-state index is 0.763. The molecule has 1 fully saturated rings. The van der Waals surface area contributed by atoms with Crippen molar-refractivity contribution in [2.24, 2.45) is 5.92 Å². The monoisotopic (exact) mass is 277 g/mol. The van der Waals surface area contributed by atoms with E-state index >= 15 is 0 Å². The van der Waals surface area contributed by atoms with Gasteiger partial charge in [0.1, 0.15) is 5.82 Å². The fourth-order valence-electron chi connectivity index (χ4n) is 2.68. The molecular formula is C15H27N5. The van der Waals surface area contributed by atoms with Crippen LogP contribution in [0.25, 0.3) is 0 Å². The molecule has 1 N–H and O–H groups in total. The molecule has 1 atom stereocenters. The number of aryl methyl sites for hydroxylation is 1. The van der Waals surface area contributed by atoms with Gasteiger partial charge in [-0.2, -0.15) is 4.98 Å². The predicted octanol–water partition coefficient (Wildman–Crippen LogP) is 1.99. The van der Waals surface area contributed by atoms with Crippen LogP contribution in [0.1, 0.15) is 25.5 Å². The van der Waals surface area contributed by atoms with Crippen molar-refractivity contribution >= 4 is 11.8 Å². The summed E-state index contributed by atoms with van der Waals surface area (Å²) in [6.07, 6.45) is 2.71. The molecule has 20 heavy (non-hydrogen) atoms. The van der Waals surface area contributed by atoms with Gasteiger partial charge in [-0.15, -0.1) is 0 Å². The lowest BCUT2D eigenvalue weighted by Crippen LogP contribution is -2.37. The predicted molar refractivity (Wildman–Crippen MR) is 84.4 cm³/mol. The normalized spacial score (nSPS) is 19.9. The van der Waals surface area contributed by atoms with Crippen LogP contribution in [0.2, 0.25) is 0 Å². The molecule has 1 aromatic heterocycles. The zero-order valence-electron chi connectivity index (χ0n) is 13.2. The molecule has 2 heterocycles. The molecule has 1 saturated heterocycles. The molecule has 1 aromatic rings. The Hall–Kier alpha value is -1.36. The summed E-state index contributed by atoms with van der Waals surface area (Å²) >= 11 is 0. The molecule has 0 aromatic carbocycles. The molecule has 1 aliphatic heterocycles. The van der Waals surface area contributed by atoms with Crippen LogP contribution in [0.4, 0.5) is 11.8 Å². The van der Waals surface area contributed by atoms with E-state index in [0.717, 1.165) is 36.5 Å². The zero-order chi connectivity index (χ0) is 14.5. The molecule has 0 spiro atoms. The van der Waals surface area contributed by atoms with E-state index in [1.54, 1.807) is 0 Å². The Morgan fingerprint density at radius 3 is 2.90 bits per heavy atom. The smallest absolute Gasteiger partial charge is 0.226 e. The maximum absolute atomic E-state index is 4.52. The van der Waals surface area contributed by atoms with Gasteiger partial charge in [-0.25, -0.2) is 4.98 Å². The van der Waals surface area contributed by atoms with Gasteiger partial charge >= 0.3 is 0 Å². The Morgan fingerprint density at radius 1 is 1.40 bits per heavy atom. The number of anilines is 2. The van der Waals surface area contributed by atoms with Crippen molar-refractivity contribution in [3.63, 3.8) is 0 Å². The number of piperidine rings is 1. The summed E-state index contributed by atoms with van der Waals surface area (Å²) in [5.41, 5.74) is 0.998. The Balaban J connectivity index is 1.84. The fraction of sp³-hybridized carbons (Fsp3) is 0.733. The van der Waals surface area contributed by atoms with Gasteiger partial charge in [-0.1, -0.05) is 6.92 Å². The molecule has 0 bridgehead atoms. The highest BCUT2D eigenvalue weighted by Gasteiger charge is 2.15. The van der Waals surface area contributed by atoms with E-state index in [4.69, 9.17) is 0 Å². The van der Waals surface area contributed by atoms with Gasteiger partial charge < -0.3 is 15.1 Å². The summed E-state index contributed by atoms with van der Waals surface area (Å²) < 4.78 is 0. The van der Waals surface area contributed by atoms with Gasteiger partial charge in [0.05, 0.1) is 0 Å². The van der Waals surface area contributed by atoms with Crippen LogP contribution in [0, 0.1) is 12.8 Å². The third-order valence-electron chi connectivity index (χ3n) is 3.72. The van der Waals surface area contributed by atoms with Gasteiger partial charge in [0.2, 0.25) is 5.95 Å². The summed E-state index contributed by atoms with van der Waals surface area (Å²) in [7, 11) is 3.93. The molecule has 5 heteroatoms. The molecule has 0 amide bonds. The molecule has 0 saturated carbocycles. The van der Waals surface area contributed by atoms with Gasteiger partial charge in [-0.3, -0.25) is 0 Å². The maximum Gasteiger partial charge on any atom is 0.226 e. The first-order valence-corrected chi connectivity index (χ1v) is 7.54. The molecule has 0 radical (unpaired) electrons. The van der Waals surface area contributed by atoms with Crippen LogP contribution in [-0.2, 0) is 0 Å². The van der Waals surface area contributed by atoms with E-state index in [9.17, 15) is 0 Å². The molecule has 1 aliphatic rings. The summed E-state index contributed by atoms with van der Waals surface area (Å²) in [6, 6.07) is 2.01. The SMILES string of the molecule is Cc1cc(NCCN2CCCC(C)C2)nc(N(C)C)n1. The number of hydrogen-bond donors (Lipinski definition) is 1. The molecule has 112 valence electrons. The number of aromatic nitrogens is 2. The summed E-state index contributed by atoms with van der Waals surface area (Å²) in [6.45, 7) is 8.84. The van der Waals surface area contributed by atoms with Crippen LogP contribution in [-0.4, -0.2) is 55.1 Å². The van der Waals surface area contributed by atoms with Crippen molar-refractivity contribution in [2.45, 2.75) is 26.7 Å². The second kappa shape index (κ2) is 6.88. The van der Waals surface area contributed by atoms with E-state index in [0.29, 0.717) is 0 Å². The molecule has 5 nitrogen and oxygen atoms in total. The lowest BCUT2D eigenvalue weighted by Gasteiger charge is -2.30. The van der Waals surface area contributed by atoms with Crippen molar-refractivity contribution in [3.05, 3.63) is 11.8 Å². The van der Waals surface area contributed by atoms with Crippen LogP contribution in [0.3, 0.4) is 0 Å². The molecular weight excluding hydrogens is 250 g/mol. The highest BCUT2D eigenvalue weighted by atomic mass is 15.2. The van der Waals surface area contributed by atoms with Crippen molar-refractivity contribution in [3.8, 4) is 0 Å². The van der Waals surface area contributed by atoms with E-state index in [-0.39, 0.29) is 0 Å². The molecule has 2 rings (SSSR count). The second-order valence-electron chi connectivity index (χ2n) is 6.06. The highest BCUT2D eigenvalue weighted by molar-refractivity contribution is 5.42. The van der Waals surface area contributed by atoms with Gasteiger partial charge in [0.15, 0.2) is 0 Å². The van der Waals surface area contributed by atoms with Crippen LogP contribution in [0.5, 0.6) is 0 Å². The van der Waals surface area contributed by atoms with Gasteiger partial charge in [0.25, 0.3) is 0 Å². The average Bonchev–Trinajstić information content (AvgIpc) is 2.38. The summed E-state index contributed by atoms with van der Waals surface area (Å²) in [5, 5.41) is 3.42. The van der Waals surface area contributed by atoms with Crippen molar-refractivity contribution in [1.82, 2.24) is 14.9 Å². The third kappa shape index (κ3) is 4.34. The van der Waals surface area contributed by atoms with Crippen LogP contribution >= 0.6 is 0 Å². The lowest BCUT2D eigenvalue weighted by molar-refractivity contribution is 0.190. The Labute approximate surface area is 122 Å². The Morgan fingerprint density at radius 2 is 2.20 bits per heavy atom. The molecule has 1 unspecified atom stereocenters. The van der Waals surface area contributed by atoms with E-state index in [2.05, 4.69) is 27.1 Å². The Kier molecular flexibility index (Phi) is 5.17. The van der Waals surface area contributed by atoms with E-state index < -0.39 is 0 Å². The van der Waals surface area contributed by atoms with Gasteiger partial charge in [0, 0.05) is 45.5 Å². The number of likely N-dealkylation sites (tertiary alicyclic amines) is 1.